The number of ketones is 1. The Balaban J connectivity index is 0.000000720. The average Bonchev–Trinajstić information content (AvgIpc) is 2.32. The van der Waals surface area contributed by atoms with Crippen LogP contribution in [0.25, 0.3) is 0 Å². The largest absolute Gasteiger partial charge is 0.342 e. The molecule has 1 N–H and O–H groups in total. The number of carbonyl (C=O) groups is 1. The van der Waals surface area contributed by atoms with Crippen molar-refractivity contribution in [2.45, 2.75) is 19.3 Å². The molecule has 11 heavy (non-hydrogen) atoms. The van der Waals surface area contributed by atoms with Gasteiger partial charge in [-0.3, -0.25) is 4.79 Å². The maximum atomic E-state index is 11.4. The molecular formula is C8H12N2O. The molecule has 0 unspecified atom stereocenters. The molecule has 2 rings (SSSR count). The number of imidazole rings is 1. The monoisotopic (exact) mass is 152 g/mol. The fourth-order valence-electron chi connectivity index (χ4n) is 1.26. The third-order valence-corrected chi connectivity index (χ3v) is 2.21. The molecule has 3 nitrogen and oxygen atoms in total. The SMILES string of the molecule is O=C(c1ncc[nH]1)C1CCC1.[HH]. The first-order valence-corrected chi connectivity index (χ1v) is 3.91. The van der Waals surface area contributed by atoms with Gasteiger partial charge in [-0.25, -0.2) is 4.98 Å². The lowest BCUT2D eigenvalue weighted by molar-refractivity contribution is 0.0845. The smallest absolute Gasteiger partial charge is 0.201 e. The molecule has 0 radical (unpaired) electrons. The van der Waals surface area contributed by atoms with Gasteiger partial charge < -0.3 is 4.98 Å². The third-order valence-electron chi connectivity index (χ3n) is 2.21. The van der Waals surface area contributed by atoms with Gasteiger partial charge in [0.25, 0.3) is 0 Å². The molecule has 0 amide bonds. The summed E-state index contributed by atoms with van der Waals surface area (Å²) in [6.45, 7) is 0. The van der Waals surface area contributed by atoms with Crippen molar-refractivity contribution in [1.29, 1.82) is 0 Å². The van der Waals surface area contributed by atoms with Crippen molar-refractivity contribution in [3.05, 3.63) is 18.2 Å². The quantitative estimate of drug-likeness (QED) is 0.655. The molecule has 0 spiro atoms. The second kappa shape index (κ2) is 2.49. The lowest BCUT2D eigenvalue weighted by Crippen LogP contribution is -2.22. The van der Waals surface area contributed by atoms with E-state index in [4.69, 9.17) is 0 Å². The van der Waals surface area contributed by atoms with Gasteiger partial charge in [0.2, 0.25) is 5.78 Å². The first-order chi connectivity index (χ1) is 5.38. The Morgan fingerprint density at radius 2 is 2.55 bits per heavy atom. The van der Waals surface area contributed by atoms with Crippen LogP contribution in [0.3, 0.4) is 0 Å². The van der Waals surface area contributed by atoms with Crippen LogP contribution in [0.2, 0.25) is 0 Å². The van der Waals surface area contributed by atoms with Crippen molar-refractivity contribution in [3.8, 4) is 0 Å². The summed E-state index contributed by atoms with van der Waals surface area (Å²) in [4.78, 5) is 18.1. The summed E-state index contributed by atoms with van der Waals surface area (Å²) >= 11 is 0. The van der Waals surface area contributed by atoms with E-state index in [2.05, 4.69) is 9.97 Å². The summed E-state index contributed by atoms with van der Waals surface area (Å²) in [7, 11) is 0. The number of Topliss-reactive ketones (excluding diaryl/α,β-unsaturated/α-hetero) is 1. The number of aromatic nitrogens is 2. The van der Waals surface area contributed by atoms with E-state index in [0.717, 1.165) is 12.8 Å². The van der Waals surface area contributed by atoms with E-state index in [1.807, 2.05) is 0 Å². The second-order valence-electron chi connectivity index (χ2n) is 2.93. The molecule has 1 saturated carbocycles. The predicted molar refractivity (Wildman–Crippen MR) is 42.4 cm³/mol. The van der Waals surface area contributed by atoms with Crippen molar-refractivity contribution < 1.29 is 6.22 Å². The summed E-state index contributed by atoms with van der Waals surface area (Å²) in [6, 6.07) is 0. The molecule has 0 aliphatic heterocycles. The van der Waals surface area contributed by atoms with Crippen LogP contribution in [-0.4, -0.2) is 15.8 Å². The zero-order valence-corrected chi connectivity index (χ0v) is 6.21. The summed E-state index contributed by atoms with van der Waals surface area (Å²) < 4.78 is 0. The number of hydrogen-bond donors (Lipinski definition) is 1. The molecule has 0 bridgehead atoms. The number of rotatable bonds is 2. The van der Waals surface area contributed by atoms with E-state index < -0.39 is 0 Å². The predicted octanol–water partition coefficient (Wildman–Crippen LogP) is 1.64. The van der Waals surface area contributed by atoms with Gasteiger partial charge in [-0.15, -0.1) is 0 Å². The highest BCUT2D eigenvalue weighted by Gasteiger charge is 2.27. The number of aromatic amines is 1. The van der Waals surface area contributed by atoms with Gasteiger partial charge in [0.1, 0.15) is 0 Å². The first kappa shape index (κ1) is 6.58. The van der Waals surface area contributed by atoms with Gasteiger partial charge in [0.15, 0.2) is 5.82 Å². The van der Waals surface area contributed by atoms with Crippen molar-refractivity contribution >= 4 is 5.78 Å². The summed E-state index contributed by atoms with van der Waals surface area (Å²) in [5.41, 5.74) is 0. The molecule has 3 heteroatoms. The lowest BCUT2D eigenvalue weighted by Gasteiger charge is -2.22. The summed E-state index contributed by atoms with van der Waals surface area (Å²) in [5.74, 6) is 0.956. The maximum Gasteiger partial charge on any atom is 0.201 e. The van der Waals surface area contributed by atoms with E-state index in [0.29, 0.717) is 5.82 Å². The van der Waals surface area contributed by atoms with Gasteiger partial charge in [0, 0.05) is 19.7 Å². The molecule has 60 valence electrons. The Kier molecular flexibility index (Phi) is 1.49. The molecule has 1 heterocycles. The van der Waals surface area contributed by atoms with Crippen LogP contribution < -0.4 is 0 Å². The minimum atomic E-state index is 0. The highest BCUT2D eigenvalue weighted by atomic mass is 16.1. The molecule has 1 fully saturated rings. The van der Waals surface area contributed by atoms with Crippen molar-refractivity contribution in [2.24, 2.45) is 5.92 Å². The minimum absolute atomic E-state index is 0. The third kappa shape index (κ3) is 1.06. The first-order valence-electron chi connectivity index (χ1n) is 3.91. The molecule has 1 aliphatic rings. The molecular weight excluding hydrogens is 140 g/mol. The average molecular weight is 152 g/mol. The van der Waals surface area contributed by atoms with Crippen molar-refractivity contribution in [1.82, 2.24) is 9.97 Å². The zero-order chi connectivity index (χ0) is 7.68. The van der Waals surface area contributed by atoms with Crippen molar-refractivity contribution in [3.63, 3.8) is 0 Å². The number of hydrogen-bond acceptors (Lipinski definition) is 2. The normalized spacial score (nSPS) is 17.8. The Bertz CT molecular complexity index is 254. The maximum absolute atomic E-state index is 11.4. The van der Waals surface area contributed by atoms with Gasteiger partial charge in [0.05, 0.1) is 0 Å². The lowest BCUT2D eigenvalue weighted by atomic mass is 9.82. The topological polar surface area (TPSA) is 45.8 Å². The van der Waals surface area contributed by atoms with Gasteiger partial charge in [-0.1, -0.05) is 6.42 Å². The molecule has 1 aromatic heterocycles. The molecule has 0 atom stereocenters. The van der Waals surface area contributed by atoms with Gasteiger partial charge in [-0.2, -0.15) is 0 Å². The highest BCUT2D eigenvalue weighted by molar-refractivity contribution is 5.94. The van der Waals surface area contributed by atoms with Crippen molar-refractivity contribution in [2.75, 3.05) is 0 Å². The Hall–Kier alpha value is -1.12. The van der Waals surface area contributed by atoms with Crippen LogP contribution in [-0.2, 0) is 0 Å². The van der Waals surface area contributed by atoms with Crippen LogP contribution in [0, 0.1) is 5.92 Å². The van der Waals surface area contributed by atoms with Gasteiger partial charge in [-0.05, 0) is 12.8 Å². The molecule has 1 aliphatic carbocycles. The number of H-pyrrole nitrogens is 1. The Morgan fingerprint density at radius 1 is 1.73 bits per heavy atom. The van der Waals surface area contributed by atoms with Crippen LogP contribution in [0.15, 0.2) is 12.4 Å². The Labute approximate surface area is 66.3 Å². The fraction of sp³-hybridized carbons (Fsp3) is 0.500. The van der Waals surface area contributed by atoms with Crippen LogP contribution in [0.5, 0.6) is 0 Å². The highest BCUT2D eigenvalue weighted by Crippen LogP contribution is 2.28. The van der Waals surface area contributed by atoms with E-state index >= 15 is 0 Å². The Morgan fingerprint density at radius 3 is 3.00 bits per heavy atom. The number of carbonyl (C=O) groups excluding carboxylic acids is 1. The molecule has 0 saturated heterocycles. The van der Waals surface area contributed by atoms with E-state index in [9.17, 15) is 4.79 Å². The summed E-state index contributed by atoms with van der Waals surface area (Å²) in [6.07, 6.45) is 6.58. The van der Waals surface area contributed by atoms with E-state index in [1.54, 1.807) is 12.4 Å². The van der Waals surface area contributed by atoms with Crippen LogP contribution in [0.4, 0.5) is 0 Å². The standard InChI is InChI=1S/C8H10N2O.H2/c11-7(6-2-1-3-6)8-9-4-5-10-8;/h4-6H,1-3H2,(H,9,10);1H. The van der Waals surface area contributed by atoms with E-state index in [-0.39, 0.29) is 13.1 Å². The number of nitrogens with one attached hydrogen (secondary N) is 1. The fourth-order valence-corrected chi connectivity index (χ4v) is 1.26. The second-order valence-corrected chi connectivity index (χ2v) is 2.93. The minimum Gasteiger partial charge on any atom is -0.342 e. The molecule has 1 aromatic rings. The van der Waals surface area contributed by atoms with Crippen LogP contribution in [0.1, 0.15) is 31.3 Å². The van der Waals surface area contributed by atoms with E-state index in [1.165, 1.54) is 6.42 Å². The molecule has 0 aromatic carbocycles. The number of nitrogens with zero attached hydrogens (tertiary/aromatic N) is 1. The van der Waals surface area contributed by atoms with Crippen LogP contribution >= 0.6 is 0 Å². The zero-order valence-electron chi connectivity index (χ0n) is 6.21. The summed E-state index contributed by atoms with van der Waals surface area (Å²) in [5, 5.41) is 0. The van der Waals surface area contributed by atoms with Gasteiger partial charge >= 0.3 is 0 Å².